The SMILES string of the molecule is C=Cc1ccc(C2(C(=O)N3C[C@H](S(=O)(=O)c4ccccc4Cl)C[C@H]3C(=O)NC3(C#N)CC3)CC2)c(F)c1. The van der Waals surface area contributed by atoms with E-state index in [0.29, 0.717) is 31.2 Å². The monoisotopic (exact) mass is 541 g/mol. The molecule has 10 heteroatoms. The molecule has 0 aromatic heterocycles. The van der Waals surface area contributed by atoms with Crippen LogP contribution in [0.5, 0.6) is 0 Å². The number of carbonyl (C=O) groups is 2. The maximum absolute atomic E-state index is 15.0. The molecule has 1 aliphatic heterocycles. The van der Waals surface area contributed by atoms with E-state index in [9.17, 15) is 23.3 Å². The minimum absolute atomic E-state index is 0.0535. The van der Waals surface area contributed by atoms with E-state index in [2.05, 4.69) is 18.0 Å². The van der Waals surface area contributed by atoms with Crippen LogP contribution in [0.25, 0.3) is 6.08 Å². The number of hydrogen-bond acceptors (Lipinski definition) is 5. The fourth-order valence-electron chi connectivity index (χ4n) is 5.10. The highest BCUT2D eigenvalue weighted by Gasteiger charge is 2.59. The number of benzene rings is 2. The first-order valence-corrected chi connectivity index (χ1v) is 13.9. The lowest BCUT2D eigenvalue weighted by Gasteiger charge is -2.29. The van der Waals surface area contributed by atoms with Crippen molar-refractivity contribution in [1.29, 1.82) is 5.26 Å². The summed E-state index contributed by atoms with van der Waals surface area (Å²) in [7, 11) is -4.00. The second-order valence-corrected chi connectivity index (χ2v) is 12.6. The molecular weight excluding hydrogens is 517 g/mol. The van der Waals surface area contributed by atoms with Gasteiger partial charge in [-0.1, -0.05) is 48.5 Å². The van der Waals surface area contributed by atoms with Gasteiger partial charge in [0.15, 0.2) is 9.84 Å². The van der Waals surface area contributed by atoms with Gasteiger partial charge in [0.1, 0.15) is 17.4 Å². The third-order valence-electron chi connectivity index (χ3n) is 7.64. The number of amides is 2. The Morgan fingerprint density at radius 1 is 1.19 bits per heavy atom. The molecule has 37 heavy (non-hydrogen) atoms. The molecule has 192 valence electrons. The van der Waals surface area contributed by atoms with Crippen LogP contribution in [0.1, 0.15) is 43.2 Å². The number of sulfone groups is 1. The number of nitrogens with zero attached hydrogens (tertiary/aromatic N) is 2. The van der Waals surface area contributed by atoms with Gasteiger partial charge in [0.05, 0.1) is 26.7 Å². The van der Waals surface area contributed by atoms with Crippen molar-refractivity contribution >= 4 is 39.3 Å². The summed E-state index contributed by atoms with van der Waals surface area (Å²) in [5, 5.41) is 11.1. The fraction of sp³-hybridized carbons (Fsp3) is 0.370. The first kappa shape index (κ1) is 25.4. The molecule has 5 rings (SSSR count). The third kappa shape index (κ3) is 4.32. The van der Waals surface area contributed by atoms with E-state index in [1.54, 1.807) is 24.3 Å². The Kier molecular flexibility index (Phi) is 6.16. The number of nitriles is 1. The second kappa shape index (κ2) is 8.96. The molecule has 1 heterocycles. The molecule has 7 nitrogen and oxygen atoms in total. The van der Waals surface area contributed by atoms with Gasteiger partial charge in [0.2, 0.25) is 11.8 Å². The molecule has 2 atom stereocenters. The van der Waals surface area contributed by atoms with Gasteiger partial charge in [-0.05, 0) is 55.9 Å². The first-order valence-electron chi connectivity index (χ1n) is 12.0. The standard InChI is InChI=1S/C27H25ClFN3O4S/c1-2-17-7-8-19(21(29)13-17)27(11-12-27)25(34)32-15-18(37(35,36)23-6-4-3-5-20(23)28)14-22(32)24(33)31-26(16-30)9-10-26/h2-8,13,18,22H,1,9-12,14-15H2,(H,31,33)/t18-,22+/m1/s1. The van der Waals surface area contributed by atoms with Crippen molar-refractivity contribution in [3.63, 3.8) is 0 Å². The summed E-state index contributed by atoms with van der Waals surface area (Å²) in [5.74, 6) is -1.62. The molecule has 3 fully saturated rings. The van der Waals surface area contributed by atoms with Crippen molar-refractivity contribution in [2.75, 3.05) is 6.54 Å². The fourth-order valence-corrected chi connectivity index (χ4v) is 7.32. The van der Waals surface area contributed by atoms with E-state index in [1.807, 2.05) is 0 Å². The zero-order chi connectivity index (χ0) is 26.6. The van der Waals surface area contributed by atoms with Gasteiger partial charge in [-0.25, -0.2) is 12.8 Å². The van der Waals surface area contributed by atoms with Crippen molar-refractivity contribution in [1.82, 2.24) is 10.2 Å². The molecule has 1 saturated heterocycles. The Morgan fingerprint density at radius 2 is 1.89 bits per heavy atom. The molecule has 0 radical (unpaired) electrons. The Bertz CT molecular complexity index is 1460. The van der Waals surface area contributed by atoms with Crippen molar-refractivity contribution in [3.05, 3.63) is 71.0 Å². The predicted molar refractivity (Wildman–Crippen MR) is 136 cm³/mol. The van der Waals surface area contributed by atoms with Gasteiger partial charge < -0.3 is 10.2 Å². The molecule has 2 aromatic rings. The minimum Gasteiger partial charge on any atom is -0.336 e. The average Bonchev–Trinajstić information content (AvgIpc) is 3.80. The highest BCUT2D eigenvalue weighted by molar-refractivity contribution is 7.92. The maximum Gasteiger partial charge on any atom is 0.244 e. The summed E-state index contributed by atoms with van der Waals surface area (Å²) in [6.45, 7) is 3.40. The molecule has 0 spiro atoms. The van der Waals surface area contributed by atoms with E-state index in [0.717, 1.165) is 0 Å². The lowest BCUT2D eigenvalue weighted by Crippen LogP contribution is -2.51. The summed E-state index contributed by atoms with van der Waals surface area (Å²) in [6, 6.07) is 11.5. The smallest absolute Gasteiger partial charge is 0.244 e. The van der Waals surface area contributed by atoms with E-state index >= 15 is 4.39 Å². The van der Waals surface area contributed by atoms with Crippen LogP contribution in [0.15, 0.2) is 53.9 Å². The summed E-state index contributed by atoms with van der Waals surface area (Å²) >= 11 is 6.18. The van der Waals surface area contributed by atoms with Crippen LogP contribution in [-0.4, -0.2) is 48.5 Å². The highest BCUT2D eigenvalue weighted by Crippen LogP contribution is 2.52. The van der Waals surface area contributed by atoms with E-state index in [1.165, 1.54) is 29.2 Å². The van der Waals surface area contributed by atoms with Crippen LogP contribution in [-0.2, 0) is 24.8 Å². The minimum atomic E-state index is -4.00. The van der Waals surface area contributed by atoms with Crippen molar-refractivity contribution in [2.24, 2.45) is 0 Å². The summed E-state index contributed by atoms with van der Waals surface area (Å²) in [6.07, 6.45) is 3.09. The van der Waals surface area contributed by atoms with Gasteiger partial charge in [-0.2, -0.15) is 5.26 Å². The lowest BCUT2D eigenvalue weighted by atomic mass is 9.92. The Balaban J connectivity index is 1.50. The molecule has 0 unspecified atom stereocenters. The van der Waals surface area contributed by atoms with Crippen molar-refractivity contribution in [3.8, 4) is 6.07 Å². The zero-order valence-corrected chi connectivity index (χ0v) is 21.5. The summed E-state index contributed by atoms with van der Waals surface area (Å²) in [4.78, 5) is 28.5. The maximum atomic E-state index is 15.0. The number of halogens is 2. The van der Waals surface area contributed by atoms with Gasteiger partial charge in [-0.15, -0.1) is 0 Å². The highest BCUT2D eigenvalue weighted by atomic mass is 35.5. The molecule has 1 N–H and O–H groups in total. The van der Waals surface area contributed by atoms with Gasteiger partial charge in [0.25, 0.3) is 0 Å². The van der Waals surface area contributed by atoms with E-state index < -0.39 is 49.7 Å². The van der Waals surface area contributed by atoms with Gasteiger partial charge in [0, 0.05) is 12.1 Å². The van der Waals surface area contributed by atoms with Crippen molar-refractivity contribution < 1.29 is 22.4 Å². The third-order valence-corrected chi connectivity index (χ3v) is 10.3. The van der Waals surface area contributed by atoms with Crippen LogP contribution in [0, 0.1) is 17.1 Å². The summed E-state index contributed by atoms with van der Waals surface area (Å²) in [5.41, 5.74) is -1.37. The number of carbonyl (C=O) groups excluding carboxylic acids is 2. The first-order chi connectivity index (χ1) is 17.6. The molecule has 2 aromatic carbocycles. The van der Waals surface area contributed by atoms with Crippen LogP contribution >= 0.6 is 11.6 Å². The quantitative estimate of drug-likeness (QED) is 0.574. The average molecular weight is 542 g/mol. The zero-order valence-electron chi connectivity index (χ0n) is 19.9. The molecule has 2 aliphatic carbocycles. The normalized spacial score (nSPS) is 23.1. The van der Waals surface area contributed by atoms with Crippen LogP contribution < -0.4 is 5.32 Å². The largest absolute Gasteiger partial charge is 0.336 e. The topological polar surface area (TPSA) is 107 Å². The number of likely N-dealkylation sites (tertiary alicyclic amines) is 1. The molecular formula is C27H25ClFN3O4S. The molecule has 2 amide bonds. The number of nitrogens with one attached hydrogen (secondary N) is 1. The number of hydrogen-bond donors (Lipinski definition) is 1. The van der Waals surface area contributed by atoms with Gasteiger partial charge >= 0.3 is 0 Å². The Morgan fingerprint density at radius 3 is 2.46 bits per heavy atom. The van der Waals surface area contributed by atoms with E-state index in [-0.39, 0.29) is 28.4 Å². The van der Waals surface area contributed by atoms with Crippen molar-refractivity contribution in [2.45, 2.75) is 59.2 Å². The van der Waals surface area contributed by atoms with Crippen LogP contribution in [0.4, 0.5) is 4.39 Å². The number of rotatable bonds is 7. The Hall–Kier alpha value is -3.22. The van der Waals surface area contributed by atoms with Crippen LogP contribution in [0.2, 0.25) is 5.02 Å². The van der Waals surface area contributed by atoms with E-state index in [4.69, 9.17) is 11.6 Å². The Labute approximate surface area is 219 Å². The predicted octanol–water partition coefficient (Wildman–Crippen LogP) is 3.77. The molecule has 2 saturated carbocycles. The van der Waals surface area contributed by atoms with Crippen LogP contribution in [0.3, 0.4) is 0 Å². The van der Waals surface area contributed by atoms with Gasteiger partial charge in [-0.3, -0.25) is 9.59 Å². The lowest BCUT2D eigenvalue weighted by molar-refractivity contribution is -0.140. The molecule has 0 bridgehead atoms. The summed E-state index contributed by atoms with van der Waals surface area (Å²) < 4.78 is 42.1. The molecule has 3 aliphatic rings. The second-order valence-electron chi connectivity index (χ2n) is 10.0.